The first-order chi connectivity index (χ1) is 9.13. The van der Waals surface area contributed by atoms with Gasteiger partial charge >= 0.3 is 5.97 Å². The zero-order chi connectivity index (χ0) is 13.8. The molecule has 0 unspecified atom stereocenters. The van der Waals surface area contributed by atoms with Crippen molar-refractivity contribution < 1.29 is 14.5 Å². The third-order valence-corrected chi connectivity index (χ3v) is 3.41. The number of hydrogen-bond acceptors (Lipinski definition) is 4. The van der Waals surface area contributed by atoms with Crippen LogP contribution in [-0.4, -0.2) is 18.0 Å². The maximum absolute atomic E-state index is 11.8. The first kappa shape index (κ1) is 13.3. The summed E-state index contributed by atoms with van der Waals surface area (Å²) in [5.41, 5.74) is 0.954. The number of non-ortho nitro benzene ring substituents is 1. The van der Waals surface area contributed by atoms with Gasteiger partial charge in [-0.2, -0.15) is 0 Å². The van der Waals surface area contributed by atoms with Crippen molar-refractivity contribution >= 4 is 11.7 Å². The molecular weight excluding hydrogens is 246 g/mol. The van der Waals surface area contributed by atoms with Gasteiger partial charge in [-0.25, -0.2) is 0 Å². The van der Waals surface area contributed by atoms with E-state index in [1.807, 2.05) is 12.2 Å². The molecule has 0 saturated carbocycles. The Morgan fingerprint density at radius 2 is 2.05 bits per heavy atom. The number of esters is 1. The van der Waals surface area contributed by atoms with Crippen molar-refractivity contribution in [3.05, 3.63) is 52.1 Å². The average molecular weight is 261 g/mol. The molecule has 0 aliphatic heterocycles. The van der Waals surface area contributed by atoms with Crippen LogP contribution in [0, 0.1) is 16.0 Å². The molecule has 0 saturated heterocycles. The number of hydrogen-bond donors (Lipinski definition) is 0. The molecule has 0 heterocycles. The minimum atomic E-state index is -0.432. The quantitative estimate of drug-likeness (QED) is 0.363. The molecule has 1 aromatic rings. The molecule has 2 rings (SSSR count). The lowest BCUT2D eigenvalue weighted by Gasteiger charge is -2.25. The highest BCUT2D eigenvalue weighted by Gasteiger charge is 2.30. The number of carbonyl (C=O) groups is 1. The third kappa shape index (κ3) is 2.81. The van der Waals surface area contributed by atoms with Gasteiger partial charge in [0, 0.05) is 18.1 Å². The highest BCUT2D eigenvalue weighted by atomic mass is 16.6. The normalized spacial score (nSPS) is 21.9. The van der Waals surface area contributed by atoms with Gasteiger partial charge in [0.25, 0.3) is 5.69 Å². The van der Waals surface area contributed by atoms with E-state index in [9.17, 15) is 14.9 Å². The molecule has 0 amide bonds. The molecule has 0 aromatic heterocycles. The van der Waals surface area contributed by atoms with E-state index in [0.717, 1.165) is 18.4 Å². The Morgan fingerprint density at radius 3 is 2.63 bits per heavy atom. The largest absolute Gasteiger partial charge is 0.469 e. The van der Waals surface area contributed by atoms with Gasteiger partial charge in [0.2, 0.25) is 0 Å². The molecule has 0 fully saturated rings. The van der Waals surface area contributed by atoms with Gasteiger partial charge in [-0.1, -0.05) is 24.3 Å². The lowest BCUT2D eigenvalue weighted by molar-refractivity contribution is -0.384. The van der Waals surface area contributed by atoms with E-state index in [1.54, 1.807) is 12.1 Å². The number of nitrogens with zero attached hydrogens (tertiary/aromatic N) is 1. The van der Waals surface area contributed by atoms with Crippen molar-refractivity contribution in [3.63, 3.8) is 0 Å². The molecule has 0 radical (unpaired) electrons. The zero-order valence-electron chi connectivity index (χ0n) is 10.6. The van der Waals surface area contributed by atoms with E-state index >= 15 is 0 Å². The van der Waals surface area contributed by atoms with Crippen LogP contribution >= 0.6 is 0 Å². The fourth-order valence-electron chi connectivity index (χ4n) is 2.41. The van der Waals surface area contributed by atoms with Gasteiger partial charge in [0.05, 0.1) is 18.0 Å². The van der Waals surface area contributed by atoms with Crippen LogP contribution in [0.2, 0.25) is 0 Å². The van der Waals surface area contributed by atoms with Crippen LogP contribution in [0.3, 0.4) is 0 Å². The average Bonchev–Trinajstić information content (AvgIpc) is 2.46. The van der Waals surface area contributed by atoms with Gasteiger partial charge in [-0.3, -0.25) is 14.9 Å². The van der Waals surface area contributed by atoms with Gasteiger partial charge in [-0.15, -0.1) is 0 Å². The van der Waals surface area contributed by atoms with Crippen molar-refractivity contribution in [2.45, 2.75) is 18.8 Å². The Hall–Kier alpha value is -2.17. The van der Waals surface area contributed by atoms with E-state index in [4.69, 9.17) is 4.74 Å². The molecular formula is C14H15NO4. The lowest BCUT2D eigenvalue weighted by Crippen LogP contribution is -2.24. The molecule has 1 aromatic carbocycles. The predicted molar refractivity (Wildman–Crippen MR) is 69.7 cm³/mol. The number of ether oxygens (including phenoxy) is 1. The SMILES string of the molecule is COC(=O)[C@@H]1CCC=C[C@@H]1c1ccc([N+](=O)[O-])cc1. The van der Waals surface area contributed by atoms with E-state index in [2.05, 4.69) is 0 Å². The van der Waals surface area contributed by atoms with Gasteiger partial charge < -0.3 is 4.74 Å². The summed E-state index contributed by atoms with van der Waals surface area (Å²) < 4.78 is 4.82. The minimum Gasteiger partial charge on any atom is -0.469 e. The zero-order valence-corrected chi connectivity index (χ0v) is 10.6. The molecule has 0 spiro atoms. The number of carbonyl (C=O) groups excluding carboxylic acids is 1. The molecule has 0 bridgehead atoms. The number of nitro benzene ring substituents is 1. The summed E-state index contributed by atoms with van der Waals surface area (Å²) >= 11 is 0. The number of benzene rings is 1. The van der Waals surface area contributed by atoms with Gasteiger partial charge in [0.1, 0.15) is 0 Å². The summed E-state index contributed by atoms with van der Waals surface area (Å²) in [5.74, 6) is -0.508. The maximum atomic E-state index is 11.8. The second-order valence-electron chi connectivity index (χ2n) is 4.51. The van der Waals surface area contributed by atoms with E-state index < -0.39 is 4.92 Å². The molecule has 0 N–H and O–H groups in total. The summed E-state index contributed by atoms with van der Waals surface area (Å²) in [6, 6.07) is 6.33. The summed E-state index contributed by atoms with van der Waals surface area (Å²) in [5, 5.41) is 10.6. The van der Waals surface area contributed by atoms with Crippen LogP contribution in [0.25, 0.3) is 0 Å². The fourth-order valence-corrected chi connectivity index (χ4v) is 2.41. The fraction of sp³-hybridized carbons (Fsp3) is 0.357. The van der Waals surface area contributed by atoms with E-state index in [1.165, 1.54) is 19.2 Å². The number of methoxy groups -OCH3 is 1. The van der Waals surface area contributed by atoms with Crippen molar-refractivity contribution in [2.24, 2.45) is 5.92 Å². The summed E-state index contributed by atoms with van der Waals surface area (Å²) in [4.78, 5) is 22.0. The van der Waals surface area contributed by atoms with Crippen molar-refractivity contribution in [1.29, 1.82) is 0 Å². The van der Waals surface area contributed by atoms with E-state index in [0.29, 0.717) is 0 Å². The predicted octanol–water partition coefficient (Wildman–Crippen LogP) is 2.82. The monoisotopic (exact) mass is 261 g/mol. The Morgan fingerprint density at radius 1 is 1.37 bits per heavy atom. The highest BCUT2D eigenvalue weighted by Crippen LogP contribution is 2.34. The Balaban J connectivity index is 2.27. The van der Waals surface area contributed by atoms with Crippen molar-refractivity contribution in [2.75, 3.05) is 7.11 Å². The van der Waals surface area contributed by atoms with E-state index in [-0.39, 0.29) is 23.5 Å². The first-order valence-electron chi connectivity index (χ1n) is 6.12. The molecule has 19 heavy (non-hydrogen) atoms. The van der Waals surface area contributed by atoms with Gasteiger partial charge in [0.15, 0.2) is 0 Å². The molecule has 1 aliphatic rings. The number of allylic oxidation sites excluding steroid dienone is 2. The summed E-state index contributed by atoms with van der Waals surface area (Å²) in [6.45, 7) is 0. The molecule has 1 aliphatic carbocycles. The van der Waals surface area contributed by atoms with Crippen LogP contribution in [0.5, 0.6) is 0 Å². The first-order valence-corrected chi connectivity index (χ1v) is 6.12. The summed E-state index contributed by atoms with van der Waals surface area (Å²) in [7, 11) is 1.38. The summed E-state index contributed by atoms with van der Waals surface area (Å²) in [6.07, 6.45) is 5.60. The number of rotatable bonds is 3. The second-order valence-corrected chi connectivity index (χ2v) is 4.51. The van der Waals surface area contributed by atoms with Crippen molar-refractivity contribution in [1.82, 2.24) is 0 Å². The highest BCUT2D eigenvalue weighted by molar-refractivity contribution is 5.74. The van der Waals surface area contributed by atoms with Crippen LogP contribution in [-0.2, 0) is 9.53 Å². The van der Waals surface area contributed by atoms with Crippen LogP contribution in [0.4, 0.5) is 5.69 Å². The Bertz CT molecular complexity index is 507. The second kappa shape index (κ2) is 5.65. The molecule has 100 valence electrons. The van der Waals surface area contributed by atoms with Crippen LogP contribution in [0.15, 0.2) is 36.4 Å². The Labute approximate surface area is 111 Å². The number of nitro groups is 1. The van der Waals surface area contributed by atoms with Crippen LogP contribution in [0.1, 0.15) is 24.3 Å². The van der Waals surface area contributed by atoms with Gasteiger partial charge in [-0.05, 0) is 18.4 Å². The molecule has 5 nitrogen and oxygen atoms in total. The third-order valence-electron chi connectivity index (χ3n) is 3.41. The molecule has 5 heteroatoms. The minimum absolute atomic E-state index is 0.0538. The topological polar surface area (TPSA) is 69.4 Å². The Kier molecular flexibility index (Phi) is 3.94. The smallest absolute Gasteiger partial charge is 0.309 e. The lowest BCUT2D eigenvalue weighted by atomic mass is 9.79. The maximum Gasteiger partial charge on any atom is 0.309 e. The van der Waals surface area contributed by atoms with Crippen molar-refractivity contribution in [3.8, 4) is 0 Å². The standard InChI is InChI=1S/C14H15NO4/c1-19-14(16)13-5-3-2-4-12(13)10-6-8-11(9-7-10)15(17)18/h2,4,6-9,12-13H,3,5H2,1H3/t12-,13-/m1/s1. The van der Waals surface area contributed by atoms with Crippen LogP contribution < -0.4 is 0 Å². The molecule has 2 atom stereocenters.